The van der Waals surface area contributed by atoms with Crippen LogP contribution in [0.3, 0.4) is 0 Å². The van der Waals surface area contributed by atoms with Gasteiger partial charge in [0.25, 0.3) is 5.91 Å². The molecule has 1 atom stereocenters. The summed E-state index contributed by atoms with van der Waals surface area (Å²) in [5, 5.41) is 12.5. The maximum absolute atomic E-state index is 13.9. The number of hydrogen-bond donors (Lipinski definition) is 0. The first-order valence-corrected chi connectivity index (χ1v) is 10.8. The van der Waals surface area contributed by atoms with Gasteiger partial charge in [-0.05, 0) is 55.2 Å². The Morgan fingerprint density at radius 3 is 2.36 bits per heavy atom. The van der Waals surface area contributed by atoms with E-state index in [9.17, 15) is 22.8 Å². The van der Waals surface area contributed by atoms with Gasteiger partial charge in [0.15, 0.2) is 0 Å². The fraction of sp³-hybridized carbons (Fsp3) is 0.375. The van der Waals surface area contributed by atoms with Crippen molar-refractivity contribution in [1.29, 1.82) is 5.26 Å². The normalized spacial score (nSPS) is 22.0. The van der Waals surface area contributed by atoms with E-state index in [1.807, 2.05) is 5.01 Å². The molecule has 2 amide bonds. The van der Waals surface area contributed by atoms with Gasteiger partial charge in [0.2, 0.25) is 5.91 Å². The van der Waals surface area contributed by atoms with Crippen LogP contribution in [0.1, 0.15) is 46.8 Å². The molecular weight excluding hydrogens is 433 g/mol. The lowest BCUT2D eigenvalue weighted by atomic mass is 9.77. The largest absolute Gasteiger partial charge is 0.339 e. The van der Waals surface area contributed by atoms with Crippen LogP contribution in [0.25, 0.3) is 0 Å². The van der Waals surface area contributed by atoms with Gasteiger partial charge in [-0.15, -0.1) is 0 Å². The van der Waals surface area contributed by atoms with E-state index in [0.717, 1.165) is 12.1 Å². The summed E-state index contributed by atoms with van der Waals surface area (Å²) in [7, 11) is 0. The van der Waals surface area contributed by atoms with E-state index in [1.165, 1.54) is 24.3 Å². The summed E-state index contributed by atoms with van der Waals surface area (Å²) < 4.78 is 41.5. The van der Waals surface area contributed by atoms with Crippen molar-refractivity contribution in [2.45, 2.75) is 25.3 Å². The molecule has 3 aliphatic rings. The molecule has 6 nitrogen and oxygen atoms in total. The lowest BCUT2D eigenvalue weighted by Gasteiger charge is -2.38. The Labute approximate surface area is 188 Å². The molecule has 3 fully saturated rings. The van der Waals surface area contributed by atoms with Crippen LogP contribution in [0.4, 0.5) is 13.2 Å². The molecule has 9 heteroatoms. The lowest BCUT2D eigenvalue weighted by molar-refractivity contribution is -0.144. The van der Waals surface area contributed by atoms with Gasteiger partial charge < -0.3 is 4.90 Å². The highest BCUT2D eigenvalue weighted by molar-refractivity contribution is 5.95. The highest BCUT2D eigenvalue weighted by Crippen LogP contribution is 2.47. The number of halogens is 3. The van der Waals surface area contributed by atoms with Crippen molar-refractivity contribution in [2.75, 3.05) is 26.2 Å². The van der Waals surface area contributed by atoms with Gasteiger partial charge in [0, 0.05) is 37.8 Å². The molecule has 170 valence electrons. The summed E-state index contributed by atoms with van der Waals surface area (Å²) in [5.74, 6) is -2.50. The number of hydrazine groups is 1. The highest BCUT2D eigenvalue weighted by atomic mass is 19.1. The predicted octanol–water partition coefficient (Wildman–Crippen LogP) is 3.40. The Kier molecular flexibility index (Phi) is 5.13. The predicted molar refractivity (Wildman–Crippen MR) is 111 cm³/mol. The van der Waals surface area contributed by atoms with Gasteiger partial charge in [-0.3, -0.25) is 14.6 Å². The third-order valence-electron chi connectivity index (χ3n) is 7.02. The molecule has 0 aliphatic carbocycles. The molecule has 3 heterocycles. The van der Waals surface area contributed by atoms with Crippen LogP contribution in [0.15, 0.2) is 36.4 Å². The fourth-order valence-corrected chi connectivity index (χ4v) is 5.29. The second-order valence-electron chi connectivity index (χ2n) is 8.92. The molecular formula is C24H21F3N4O2. The van der Waals surface area contributed by atoms with E-state index in [-0.39, 0.29) is 22.9 Å². The first-order chi connectivity index (χ1) is 15.8. The van der Waals surface area contributed by atoms with E-state index in [4.69, 9.17) is 5.26 Å². The van der Waals surface area contributed by atoms with Crippen LogP contribution < -0.4 is 0 Å². The first-order valence-electron chi connectivity index (χ1n) is 10.8. The molecule has 2 aromatic carbocycles. The van der Waals surface area contributed by atoms with Crippen LogP contribution in [-0.4, -0.2) is 52.9 Å². The highest BCUT2D eigenvalue weighted by Gasteiger charge is 2.56. The maximum atomic E-state index is 13.9. The molecule has 0 unspecified atom stereocenters. The number of fused-ring (bicyclic) bond motifs is 1. The van der Waals surface area contributed by atoms with Crippen molar-refractivity contribution < 1.29 is 22.8 Å². The van der Waals surface area contributed by atoms with Crippen molar-refractivity contribution in [2.24, 2.45) is 5.41 Å². The number of nitriles is 1. The minimum Gasteiger partial charge on any atom is -0.339 e. The van der Waals surface area contributed by atoms with Gasteiger partial charge in [-0.2, -0.15) is 5.26 Å². The molecule has 2 aromatic rings. The molecule has 0 N–H and O–H groups in total. The summed E-state index contributed by atoms with van der Waals surface area (Å²) in [5.41, 5.74) is -0.172. The number of nitrogens with zero attached hydrogens (tertiary/aromatic N) is 4. The molecule has 33 heavy (non-hydrogen) atoms. The molecule has 3 saturated heterocycles. The van der Waals surface area contributed by atoms with Crippen LogP contribution in [0.5, 0.6) is 0 Å². The third kappa shape index (κ3) is 3.55. The van der Waals surface area contributed by atoms with Crippen molar-refractivity contribution in [3.05, 3.63) is 70.5 Å². The van der Waals surface area contributed by atoms with E-state index in [1.54, 1.807) is 16.0 Å². The standard InChI is InChI=1S/C24H21F3N4O2/c25-18-9-17(10-19(26)12-18)21-3-6-30-14-24(23(33)31(21)30)4-7-29(8-5-24)22(32)15-1-2-16(13-28)20(27)11-15/h1-2,9-12,21H,3-8,14H2/t21-/m0/s1. The Hall–Kier alpha value is -3.38. The number of carbonyl (C=O) groups excluding carboxylic acids is 2. The molecule has 1 spiro atoms. The number of piperidine rings is 1. The monoisotopic (exact) mass is 454 g/mol. The quantitative estimate of drug-likeness (QED) is 0.698. The van der Waals surface area contributed by atoms with Crippen molar-refractivity contribution in [3.63, 3.8) is 0 Å². The van der Waals surface area contributed by atoms with E-state index in [2.05, 4.69) is 0 Å². The zero-order valence-electron chi connectivity index (χ0n) is 17.7. The number of likely N-dealkylation sites (tertiary alicyclic amines) is 1. The zero-order valence-corrected chi connectivity index (χ0v) is 17.7. The van der Waals surface area contributed by atoms with Gasteiger partial charge in [0.05, 0.1) is 17.0 Å². The number of amides is 2. The average molecular weight is 454 g/mol. The average Bonchev–Trinajstić information content (AvgIpc) is 3.31. The molecule has 3 aliphatic heterocycles. The molecule has 0 radical (unpaired) electrons. The Balaban J connectivity index is 1.30. The van der Waals surface area contributed by atoms with Crippen molar-refractivity contribution in [3.8, 4) is 6.07 Å². The maximum Gasteiger partial charge on any atom is 0.253 e. The summed E-state index contributed by atoms with van der Waals surface area (Å²) in [4.78, 5) is 27.9. The SMILES string of the molecule is N#Cc1ccc(C(=O)N2CCC3(CC2)CN2CC[C@@H](c4cc(F)cc(F)c4)N2C3=O)cc1F. The minimum absolute atomic E-state index is 0.0776. The van der Waals surface area contributed by atoms with E-state index in [0.29, 0.717) is 51.0 Å². The Morgan fingerprint density at radius 1 is 1.03 bits per heavy atom. The summed E-state index contributed by atoms with van der Waals surface area (Å²) in [6.45, 7) is 1.80. The topological polar surface area (TPSA) is 67.7 Å². The van der Waals surface area contributed by atoms with Gasteiger partial charge >= 0.3 is 0 Å². The minimum atomic E-state index is -0.740. The second kappa shape index (κ2) is 7.89. The summed E-state index contributed by atoms with van der Waals surface area (Å²) in [6, 6.07) is 8.46. The van der Waals surface area contributed by atoms with Gasteiger partial charge in [0.1, 0.15) is 23.5 Å². The number of rotatable bonds is 2. The van der Waals surface area contributed by atoms with Gasteiger partial charge in [-0.25, -0.2) is 18.2 Å². The smallest absolute Gasteiger partial charge is 0.253 e. The third-order valence-corrected chi connectivity index (χ3v) is 7.02. The van der Waals surface area contributed by atoms with Gasteiger partial charge in [-0.1, -0.05) is 0 Å². The van der Waals surface area contributed by atoms with Crippen LogP contribution >= 0.6 is 0 Å². The lowest BCUT2D eigenvalue weighted by Crippen LogP contribution is -2.48. The number of benzene rings is 2. The second-order valence-corrected chi connectivity index (χ2v) is 8.92. The molecule has 5 rings (SSSR count). The summed E-state index contributed by atoms with van der Waals surface area (Å²) >= 11 is 0. The Bertz CT molecular complexity index is 1170. The summed E-state index contributed by atoms with van der Waals surface area (Å²) in [6.07, 6.45) is 1.50. The first kappa shape index (κ1) is 21.5. The van der Waals surface area contributed by atoms with Crippen LogP contribution in [0, 0.1) is 34.2 Å². The van der Waals surface area contributed by atoms with E-state index < -0.39 is 28.9 Å². The molecule has 0 saturated carbocycles. The molecule has 0 aromatic heterocycles. The molecule has 0 bridgehead atoms. The Morgan fingerprint density at radius 2 is 1.73 bits per heavy atom. The van der Waals surface area contributed by atoms with Crippen molar-refractivity contribution >= 4 is 11.8 Å². The number of carbonyl (C=O) groups is 2. The zero-order chi connectivity index (χ0) is 23.3. The van der Waals surface area contributed by atoms with Crippen molar-refractivity contribution in [1.82, 2.24) is 14.9 Å². The number of hydrogen-bond acceptors (Lipinski definition) is 4. The van der Waals surface area contributed by atoms with Crippen LogP contribution in [-0.2, 0) is 4.79 Å². The van der Waals surface area contributed by atoms with E-state index >= 15 is 0 Å². The fourth-order valence-electron chi connectivity index (χ4n) is 5.29. The van der Waals surface area contributed by atoms with Crippen LogP contribution in [0.2, 0.25) is 0 Å².